The number of fused-ring (bicyclic) bond motifs is 1. The van der Waals surface area contributed by atoms with Crippen LogP contribution in [0.3, 0.4) is 0 Å². The van der Waals surface area contributed by atoms with Crippen LogP contribution in [0, 0.1) is 0 Å². The van der Waals surface area contributed by atoms with Gasteiger partial charge in [-0.1, -0.05) is 24.3 Å². The summed E-state index contributed by atoms with van der Waals surface area (Å²) in [7, 11) is -3.00. The lowest BCUT2D eigenvalue weighted by Gasteiger charge is -2.24. The summed E-state index contributed by atoms with van der Waals surface area (Å²) >= 11 is 5.55. The number of hydrogen-bond donors (Lipinski definition) is 0. The number of sulfone groups is 1. The van der Waals surface area contributed by atoms with E-state index < -0.39 is 9.84 Å². The zero-order chi connectivity index (χ0) is 14.3. The lowest BCUT2D eigenvalue weighted by atomic mass is 10.1. The highest BCUT2D eigenvalue weighted by molar-refractivity contribution is 7.91. The van der Waals surface area contributed by atoms with Gasteiger partial charge in [0, 0.05) is 12.2 Å². The van der Waals surface area contributed by atoms with Crippen LogP contribution in [0.5, 0.6) is 0 Å². The summed E-state index contributed by atoms with van der Waals surface area (Å²) < 4.78 is 23.9. The standard InChI is InChI=1S/C14H16N2O2S2/c1-2-8-15-12-9-20(17,18)10-13(12)16(14(15)19)11-6-4-3-5-7-11/h2-7,12-13H,1,8-10H2/t12-,13+/m1/s1. The number of thiocarbonyl (C=S) groups is 1. The Morgan fingerprint density at radius 3 is 2.55 bits per heavy atom. The molecule has 1 aromatic carbocycles. The van der Waals surface area contributed by atoms with E-state index >= 15 is 0 Å². The second kappa shape index (κ2) is 4.86. The quantitative estimate of drug-likeness (QED) is 0.624. The molecule has 0 spiro atoms. The van der Waals surface area contributed by atoms with Gasteiger partial charge in [0.25, 0.3) is 0 Å². The molecule has 2 atom stereocenters. The van der Waals surface area contributed by atoms with E-state index in [0.717, 1.165) is 5.69 Å². The summed E-state index contributed by atoms with van der Waals surface area (Å²) in [5.74, 6) is 0.343. The molecule has 2 aliphatic heterocycles. The van der Waals surface area contributed by atoms with Gasteiger partial charge in [0.15, 0.2) is 14.9 Å². The van der Waals surface area contributed by atoms with Crippen LogP contribution < -0.4 is 4.90 Å². The average molecular weight is 308 g/mol. The first-order chi connectivity index (χ1) is 9.53. The molecule has 2 aliphatic rings. The molecular formula is C14H16N2O2S2. The van der Waals surface area contributed by atoms with Crippen molar-refractivity contribution in [2.75, 3.05) is 23.0 Å². The molecule has 6 heteroatoms. The molecule has 0 unspecified atom stereocenters. The van der Waals surface area contributed by atoms with Gasteiger partial charge in [0.1, 0.15) is 0 Å². The second-order valence-electron chi connectivity index (χ2n) is 5.14. The first-order valence-electron chi connectivity index (χ1n) is 6.50. The third-order valence-corrected chi connectivity index (χ3v) is 5.97. The lowest BCUT2D eigenvalue weighted by Crippen LogP contribution is -2.37. The fourth-order valence-electron chi connectivity index (χ4n) is 3.02. The molecule has 0 bridgehead atoms. The third kappa shape index (κ3) is 2.13. The molecule has 20 heavy (non-hydrogen) atoms. The van der Waals surface area contributed by atoms with Gasteiger partial charge >= 0.3 is 0 Å². The van der Waals surface area contributed by atoms with Crippen molar-refractivity contribution in [3.05, 3.63) is 43.0 Å². The van der Waals surface area contributed by atoms with E-state index in [1.165, 1.54) is 0 Å². The van der Waals surface area contributed by atoms with E-state index in [0.29, 0.717) is 11.7 Å². The van der Waals surface area contributed by atoms with Crippen LogP contribution in [0.25, 0.3) is 0 Å². The minimum absolute atomic E-state index is 0.0642. The van der Waals surface area contributed by atoms with Crippen LogP contribution in [0.4, 0.5) is 5.69 Å². The van der Waals surface area contributed by atoms with Gasteiger partial charge in [0.05, 0.1) is 23.6 Å². The van der Waals surface area contributed by atoms with Crippen molar-refractivity contribution in [2.45, 2.75) is 12.1 Å². The Labute approximate surface area is 124 Å². The molecule has 3 rings (SSSR count). The Morgan fingerprint density at radius 2 is 1.90 bits per heavy atom. The van der Waals surface area contributed by atoms with Crippen LogP contribution in [0.2, 0.25) is 0 Å². The van der Waals surface area contributed by atoms with Crippen LogP contribution in [-0.4, -0.2) is 48.6 Å². The molecule has 2 heterocycles. The van der Waals surface area contributed by atoms with Gasteiger partial charge in [-0.05, 0) is 24.4 Å². The molecule has 0 amide bonds. The smallest absolute Gasteiger partial charge is 0.177 e. The van der Waals surface area contributed by atoms with E-state index in [4.69, 9.17) is 12.2 Å². The van der Waals surface area contributed by atoms with Gasteiger partial charge < -0.3 is 9.80 Å². The predicted molar refractivity (Wildman–Crippen MR) is 84.7 cm³/mol. The maximum absolute atomic E-state index is 12.0. The zero-order valence-corrected chi connectivity index (χ0v) is 12.6. The third-order valence-electron chi connectivity index (χ3n) is 3.84. The number of rotatable bonds is 3. The van der Waals surface area contributed by atoms with Crippen molar-refractivity contribution in [3.63, 3.8) is 0 Å². The maximum Gasteiger partial charge on any atom is 0.177 e. The maximum atomic E-state index is 12.0. The molecule has 2 saturated heterocycles. The molecule has 1 aromatic rings. The second-order valence-corrected chi connectivity index (χ2v) is 7.66. The highest BCUT2D eigenvalue weighted by Crippen LogP contribution is 2.34. The fraction of sp³-hybridized carbons (Fsp3) is 0.357. The zero-order valence-electron chi connectivity index (χ0n) is 11.0. The highest BCUT2D eigenvalue weighted by Gasteiger charge is 2.51. The van der Waals surface area contributed by atoms with Crippen LogP contribution in [-0.2, 0) is 9.84 Å². The number of para-hydroxylation sites is 1. The van der Waals surface area contributed by atoms with E-state index in [9.17, 15) is 8.42 Å². The average Bonchev–Trinajstić information content (AvgIpc) is 2.83. The van der Waals surface area contributed by atoms with Crippen LogP contribution in [0.15, 0.2) is 43.0 Å². The monoisotopic (exact) mass is 308 g/mol. The number of hydrogen-bond acceptors (Lipinski definition) is 3. The Balaban J connectivity index is 2.02. The Morgan fingerprint density at radius 1 is 1.25 bits per heavy atom. The van der Waals surface area contributed by atoms with E-state index in [1.54, 1.807) is 6.08 Å². The molecular weight excluding hydrogens is 292 g/mol. The number of nitrogens with zero attached hydrogens (tertiary/aromatic N) is 2. The van der Waals surface area contributed by atoms with Crippen molar-refractivity contribution >= 4 is 32.9 Å². The molecule has 106 valence electrons. The SMILES string of the molecule is C=CCN1C(=S)N(c2ccccc2)[C@H]2CS(=O)(=O)C[C@H]21. The van der Waals surface area contributed by atoms with Crippen LogP contribution >= 0.6 is 12.2 Å². The Kier molecular flexibility index (Phi) is 3.30. The summed E-state index contributed by atoms with van der Waals surface area (Å²) in [4.78, 5) is 3.96. The van der Waals surface area contributed by atoms with Gasteiger partial charge in [-0.3, -0.25) is 0 Å². The number of anilines is 1. The normalized spacial score (nSPS) is 27.7. The summed E-state index contributed by atoms with van der Waals surface area (Å²) in [6.07, 6.45) is 1.77. The van der Waals surface area contributed by atoms with Crippen molar-refractivity contribution in [1.82, 2.24) is 4.90 Å². The van der Waals surface area contributed by atoms with Gasteiger partial charge in [-0.15, -0.1) is 6.58 Å². The predicted octanol–water partition coefficient (Wildman–Crippen LogP) is 1.45. The summed E-state index contributed by atoms with van der Waals surface area (Å²) in [6.45, 7) is 4.32. The molecule has 0 aromatic heterocycles. The molecule has 2 fully saturated rings. The van der Waals surface area contributed by atoms with E-state index in [2.05, 4.69) is 6.58 Å². The molecule has 4 nitrogen and oxygen atoms in total. The highest BCUT2D eigenvalue weighted by atomic mass is 32.2. The summed E-state index contributed by atoms with van der Waals surface area (Å²) in [5.41, 5.74) is 0.955. The van der Waals surface area contributed by atoms with Crippen molar-refractivity contribution < 1.29 is 8.42 Å². The first-order valence-corrected chi connectivity index (χ1v) is 8.72. The Bertz CT molecular complexity index is 642. The van der Waals surface area contributed by atoms with Crippen molar-refractivity contribution in [3.8, 4) is 0 Å². The topological polar surface area (TPSA) is 40.6 Å². The summed E-state index contributed by atoms with van der Waals surface area (Å²) in [5, 5.41) is 0.695. The van der Waals surface area contributed by atoms with Crippen molar-refractivity contribution in [1.29, 1.82) is 0 Å². The molecule has 0 N–H and O–H groups in total. The lowest BCUT2D eigenvalue weighted by molar-refractivity contribution is 0.389. The first kappa shape index (κ1) is 13.6. The van der Waals surface area contributed by atoms with Gasteiger partial charge in [0.2, 0.25) is 0 Å². The summed E-state index contributed by atoms with van der Waals surface area (Å²) in [6, 6.07) is 9.59. The van der Waals surface area contributed by atoms with E-state index in [-0.39, 0.29) is 23.6 Å². The van der Waals surface area contributed by atoms with Gasteiger partial charge in [-0.25, -0.2) is 8.42 Å². The van der Waals surface area contributed by atoms with Gasteiger partial charge in [-0.2, -0.15) is 0 Å². The molecule has 0 radical (unpaired) electrons. The molecule has 0 aliphatic carbocycles. The molecule has 0 saturated carbocycles. The number of benzene rings is 1. The largest absolute Gasteiger partial charge is 0.339 e. The van der Waals surface area contributed by atoms with E-state index in [1.807, 2.05) is 40.1 Å². The minimum atomic E-state index is -3.00. The van der Waals surface area contributed by atoms with Crippen LogP contribution in [0.1, 0.15) is 0 Å². The van der Waals surface area contributed by atoms with Crippen molar-refractivity contribution in [2.24, 2.45) is 0 Å². The fourth-order valence-corrected chi connectivity index (χ4v) is 5.42. The minimum Gasteiger partial charge on any atom is -0.339 e. The Hall–Kier alpha value is -1.40.